The van der Waals surface area contributed by atoms with Crippen LogP contribution in [0.5, 0.6) is 0 Å². The van der Waals surface area contributed by atoms with Crippen LogP contribution in [0.1, 0.15) is 184 Å². The SMILES string of the molecule is C/C=C(\C)[C@@H](O[Si](C)(C)C(C)(C)C)[C@@H](C)[C@@H](C)C/C=C(\C)C(=O)NC(CC(C)C)C(=O)O.C/C=C(\C)[C@@H](O[Si](C)(C)C(C)(C)C)[C@@H](C)[C@@H](C)C/C=C(\C)C(=O)NC(CC(C)C)C(C)=O.C1CCOC1. The lowest BCUT2D eigenvalue weighted by atomic mass is 9.85. The molecule has 402 valence electrons. The Morgan fingerprint density at radius 3 is 1.16 bits per heavy atom. The predicted molar refractivity (Wildman–Crippen MR) is 298 cm³/mol. The van der Waals surface area contributed by atoms with E-state index in [1.165, 1.54) is 24.0 Å². The zero-order valence-electron chi connectivity index (χ0n) is 49.0. The summed E-state index contributed by atoms with van der Waals surface area (Å²) in [5.74, 6) is 0.342. The van der Waals surface area contributed by atoms with Crippen molar-refractivity contribution in [2.75, 3.05) is 13.2 Å². The van der Waals surface area contributed by atoms with Gasteiger partial charge in [-0.25, -0.2) is 4.79 Å². The lowest BCUT2D eigenvalue weighted by Crippen LogP contribution is -2.46. The smallest absolute Gasteiger partial charge is 0.326 e. The molecule has 2 unspecified atom stereocenters. The fourth-order valence-corrected chi connectivity index (χ4v) is 9.81. The van der Waals surface area contributed by atoms with Crippen molar-refractivity contribution >= 4 is 40.2 Å². The molecule has 69 heavy (non-hydrogen) atoms. The van der Waals surface area contributed by atoms with Crippen molar-refractivity contribution in [1.29, 1.82) is 0 Å². The molecule has 0 aromatic rings. The third-order valence-electron chi connectivity index (χ3n) is 15.0. The first kappa shape index (κ1) is 68.4. The van der Waals surface area contributed by atoms with E-state index < -0.39 is 34.7 Å². The summed E-state index contributed by atoms with van der Waals surface area (Å²) >= 11 is 0. The Hall–Kier alpha value is -2.65. The van der Waals surface area contributed by atoms with Gasteiger partial charge in [-0.15, -0.1) is 0 Å². The molecule has 12 heteroatoms. The zero-order chi connectivity index (χ0) is 54.4. The van der Waals surface area contributed by atoms with Gasteiger partial charge in [0.15, 0.2) is 22.4 Å². The number of hydrogen-bond acceptors (Lipinski definition) is 7. The first-order valence-electron chi connectivity index (χ1n) is 26.3. The van der Waals surface area contributed by atoms with E-state index in [0.717, 1.165) is 26.1 Å². The number of rotatable bonds is 24. The second-order valence-corrected chi connectivity index (χ2v) is 33.7. The Kier molecular flexibility index (Phi) is 31.5. The molecule has 0 saturated carbocycles. The van der Waals surface area contributed by atoms with Crippen molar-refractivity contribution in [2.24, 2.45) is 35.5 Å². The Bertz CT molecular complexity index is 1570. The molecule has 8 atom stereocenters. The van der Waals surface area contributed by atoms with Crippen LogP contribution in [0.4, 0.5) is 0 Å². The molecule has 1 aliphatic rings. The number of aliphatic carboxylic acids is 1. The summed E-state index contributed by atoms with van der Waals surface area (Å²) in [5.41, 5.74) is 3.74. The molecule has 0 aliphatic carbocycles. The first-order valence-corrected chi connectivity index (χ1v) is 32.1. The topological polar surface area (TPSA) is 140 Å². The molecule has 1 rings (SSSR count). The van der Waals surface area contributed by atoms with Gasteiger partial charge in [0, 0.05) is 24.4 Å². The Morgan fingerprint density at radius 2 is 0.913 bits per heavy atom. The summed E-state index contributed by atoms with van der Waals surface area (Å²) in [6.45, 7) is 55.2. The number of carboxylic acid groups (broad SMARTS) is 1. The van der Waals surface area contributed by atoms with E-state index in [4.69, 9.17) is 13.6 Å². The first-order chi connectivity index (χ1) is 31.4. The molecule has 0 radical (unpaired) electrons. The largest absolute Gasteiger partial charge is 0.480 e. The van der Waals surface area contributed by atoms with Gasteiger partial charge in [0.2, 0.25) is 11.8 Å². The summed E-state index contributed by atoms with van der Waals surface area (Å²) in [6, 6.07) is -1.27. The van der Waals surface area contributed by atoms with Gasteiger partial charge in [-0.3, -0.25) is 14.4 Å². The number of carbonyl (C=O) groups excluding carboxylic acids is 3. The maximum atomic E-state index is 12.6. The van der Waals surface area contributed by atoms with Crippen LogP contribution in [0.3, 0.4) is 0 Å². The van der Waals surface area contributed by atoms with Gasteiger partial charge in [0.25, 0.3) is 0 Å². The van der Waals surface area contributed by atoms with Crippen molar-refractivity contribution in [2.45, 2.75) is 244 Å². The van der Waals surface area contributed by atoms with Crippen LogP contribution in [0, 0.1) is 35.5 Å². The highest BCUT2D eigenvalue weighted by atomic mass is 28.4. The molecule has 0 spiro atoms. The Labute approximate surface area is 426 Å². The second-order valence-electron chi connectivity index (χ2n) is 24.2. The van der Waals surface area contributed by atoms with E-state index in [1.807, 2.05) is 32.9 Å². The average Bonchev–Trinajstić information content (AvgIpc) is 3.83. The van der Waals surface area contributed by atoms with E-state index in [1.54, 1.807) is 13.8 Å². The van der Waals surface area contributed by atoms with Gasteiger partial charge >= 0.3 is 5.97 Å². The lowest BCUT2D eigenvalue weighted by molar-refractivity contribution is -0.141. The van der Waals surface area contributed by atoms with Crippen molar-refractivity contribution in [3.8, 4) is 0 Å². The minimum atomic E-state index is -1.94. The van der Waals surface area contributed by atoms with Gasteiger partial charge < -0.3 is 29.3 Å². The standard InChI is InChI=1S/C27H51NO3Si.C26H49NO4Si.C4H8O/c1-14-19(4)25(31-32(12,13)27(9,10)11)22(7)20(5)15-16-21(6)26(30)28-24(23(8)29)17-18(2)3;1-13-18(4)23(31-32(11,12)26(8,9)10)21(7)19(5)14-15-20(6)24(28)27-22(25(29)30)16-17(2)3;1-2-4-5-3-1/h14,16,18,20,22,24-25H,15,17H2,1-13H3,(H,28,30);13,15,17,19,21-23H,14,16H2,1-12H3,(H,27,28)(H,29,30);1-4H2/b19-14+,21-16+;18-13+,20-15+;/t20-,22-,24?,25+;19-,21-,22?,23+;/m00./s1. The number of hydrogen-bond donors (Lipinski definition) is 3. The fraction of sp³-hybridized carbons (Fsp3) is 0.789. The molecule has 0 bridgehead atoms. The van der Waals surface area contributed by atoms with Crippen molar-refractivity contribution in [1.82, 2.24) is 10.6 Å². The third-order valence-corrected chi connectivity index (χ3v) is 23.9. The summed E-state index contributed by atoms with van der Waals surface area (Å²) in [7, 11) is -3.85. The predicted octanol–water partition coefficient (Wildman–Crippen LogP) is 14.4. The molecule has 0 aromatic heterocycles. The average molecular weight is 1010 g/mol. The van der Waals surface area contributed by atoms with Crippen LogP contribution in [-0.2, 0) is 32.8 Å². The normalized spacial score (nSPS) is 18.1. The van der Waals surface area contributed by atoms with E-state index in [2.05, 4.69) is 160 Å². The number of carbonyl (C=O) groups is 4. The van der Waals surface area contributed by atoms with Crippen molar-refractivity contribution in [3.63, 3.8) is 0 Å². The highest BCUT2D eigenvalue weighted by Gasteiger charge is 2.42. The lowest BCUT2D eigenvalue weighted by Gasteiger charge is -2.42. The highest BCUT2D eigenvalue weighted by Crippen LogP contribution is 2.41. The number of Topliss-reactive ketones (excluding diaryl/α,β-unsaturated/α-hetero) is 1. The van der Waals surface area contributed by atoms with E-state index in [-0.39, 0.29) is 51.7 Å². The fourth-order valence-electron chi connectivity index (χ4n) is 7.03. The van der Waals surface area contributed by atoms with E-state index in [0.29, 0.717) is 47.7 Å². The number of carboxylic acids is 1. The Balaban J connectivity index is 0. The number of allylic oxidation sites excluding steroid dienone is 4. The van der Waals surface area contributed by atoms with Crippen LogP contribution in [0.25, 0.3) is 0 Å². The number of amides is 2. The zero-order valence-corrected chi connectivity index (χ0v) is 51.0. The van der Waals surface area contributed by atoms with Gasteiger partial charge in [-0.1, -0.05) is 121 Å². The molecule has 1 heterocycles. The van der Waals surface area contributed by atoms with Crippen LogP contribution in [-0.4, -0.2) is 82.8 Å². The van der Waals surface area contributed by atoms with Gasteiger partial charge in [-0.05, 0) is 170 Å². The van der Waals surface area contributed by atoms with Crippen LogP contribution < -0.4 is 10.6 Å². The summed E-state index contributed by atoms with van der Waals surface area (Å²) in [5, 5.41) is 15.2. The minimum absolute atomic E-state index is 0.00860. The number of ketones is 1. The molecular formula is C57H108N2O8Si2. The van der Waals surface area contributed by atoms with Crippen LogP contribution in [0.2, 0.25) is 36.3 Å². The minimum Gasteiger partial charge on any atom is -0.480 e. The highest BCUT2D eigenvalue weighted by molar-refractivity contribution is 6.74. The second kappa shape index (κ2) is 31.7. The van der Waals surface area contributed by atoms with Crippen LogP contribution in [0.15, 0.2) is 46.6 Å². The summed E-state index contributed by atoms with van der Waals surface area (Å²) in [4.78, 5) is 48.5. The maximum absolute atomic E-state index is 12.6. The summed E-state index contributed by atoms with van der Waals surface area (Å²) in [6.07, 6.45) is 13.5. The maximum Gasteiger partial charge on any atom is 0.326 e. The van der Waals surface area contributed by atoms with Gasteiger partial charge in [0.05, 0.1) is 18.2 Å². The van der Waals surface area contributed by atoms with E-state index in [9.17, 15) is 24.3 Å². The van der Waals surface area contributed by atoms with Gasteiger partial charge in [-0.2, -0.15) is 0 Å². The molecule has 1 aliphatic heterocycles. The molecule has 1 saturated heterocycles. The molecule has 3 N–H and O–H groups in total. The molecular weight excluding hydrogens is 897 g/mol. The molecule has 1 fully saturated rings. The van der Waals surface area contributed by atoms with Crippen LogP contribution >= 0.6 is 0 Å². The Morgan fingerprint density at radius 1 is 0.594 bits per heavy atom. The third kappa shape index (κ3) is 26.0. The molecule has 2 amide bonds. The summed E-state index contributed by atoms with van der Waals surface area (Å²) < 4.78 is 18.6. The van der Waals surface area contributed by atoms with Crippen molar-refractivity contribution in [3.05, 3.63) is 46.6 Å². The molecule has 10 nitrogen and oxygen atoms in total. The molecule has 0 aromatic carbocycles. The van der Waals surface area contributed by atoms with Crippen molar-refractivity contribution < 1.29 is 37.9 Å². The van der Waals surface area contributed by atoms with E-state index >= 15 is 0 Å². The monoisotopic (exact) mass is 1000 g/mol. The number of nitrogens with one attached hydrogen (secondary N) is 2. The quantitative estimate of drug-likeness (QED) is 0.0493. The van der Waals surface area contributed by atoms with Gasteiger partial charge in [0.1, 0.15) is 6.04 Å². The number of ether oxygens (including phenoxy) is 1.